The van der Waals surface area contributed by atoms with Gasteiger partial charge in [-0.15, -0.1) is 0 Å². The molecular weight excluding hydrogens is 566 g/mol. The van der Waals surface area contributed by atoms with E-state index in [4.69, 9.17) is 4.74 Å². The minimum Gasteiger partial charge on any atom is -0.487 e. The number of hydrogen-bond acceptors (Lipinski definition) is 5. The summed E-state index contributed by atoms with van der Waals surface area (Å²) in [5.74, 6) is 0.0152. The molecule has 34 heavy (non-hydrogen) atoms. The zero-order valence-electron chi connectivity index (χ0n) is 18.0. The number of amides is 1. The zero-order valence-corrected chi connectivity index (χ0v) is 21.2. The first-order chi connectivity index (χ1) is 16.3. The predicted octanol–water partition coefficient (Wildman–Crippen LogP) is 6.48. The summed E-state index contributed by atoms with van der Waals surface area (Å²) in [5, 5.41) is 23.3. The fourth-order valence-electron chi connectivity index (χ4n) is 3.13. The van der Waals surface area contributed by atoms with E-state index in [0.29, 0.717) is 25.8 Å². The van der Waals surface area contributed by atoms with Gasteiger partial charge in [-0.2, -0.15) is 5.26 Å². The lowest BCUT2D eigenvalue weighted by Crippen LogP contribution is -2.27. The molecule has 7 nitrogen and oxygen atoms in total. The highest BCUT2D eigenvalue weighted by Crippen LogP contribution is 2.36. The van der Waals surface area contributed by atoms with Gasteiger partial charge in [-0.1, -0.05) is 42.5 Å². The number of carbonyl (C=O) groups is 1. The SMILES string of the molecule is C[C@@H](NC(=O)/C(C#N)=C\c1cc(Br)c(OCc2cccc([N+](=O)[O-])c2)c(Br)c1)c1ccccc1. The normalized spacial score (nSPS) is 11.9. The van der Waals surface area contributed by atoms with Crippen molar-refractivity contribution in [3.05, 3.63) is 108 Å². The van der Waals surface area contributed by atoms with Crippen LogP contribution in [0.25, 0.3) is 6.08 Å². The minimum atomic E-state index is -0.475. The van der Waals surface area contributed by atoms with Gasteiger partial charge in [0.05, 0.1) is 19.9 Å². The van der Waals surface area contributed by atoms with Gasteiger partial charge in [0, 0.05) is 12.1 Å². The van der Waals surface area contributed by atoms with Crippen LogP contribution in [-0.2, 0) is 11.4 Å². The first-order valence-electron chi connectivity index (χ1n) is 10.1. The maximum absolute atomic E-state index is 12.6. The van der Waals surface area contributed by atoms with Gasteiger partial charge in [-0.3, -0.25) is 14.9 Å². The Morgan fingerprint density at radius 2 is 1.82 bits per heavy atom. The lowest BCUT2D eigenvalue weighted by molar-refractivity contribution is -0.384. The summed E-state index contributed by atoms with van der Waals surface area (Å²) in [6, 6.07) is 20.8. The largest absolute Gasteiger partial charge is 0.487 e. The van der Waals surface area contributed by atoms with Crippen LogP contribution >= 0.6 is 31.9 Å². The van der Waals surface area contributed by atoms with E-state index in [1.165, 1.54) is 18.2 Å². The van der Waals surface area contributed by atoms with Crippen LogP contribution in [0.2, 0.25) is 0 Å². The summed E-state index contributed by atoms with van der Waals surface area (Å²) in [6.07, 6.45) is 1.49. The van der Waals surface area contributed by atoms with Crippen molar-refractivity contribution < 1.29 is 14.5 Å². The molecule has 0 aromatic heterocycles. The highest BCUT2D eigenvalue weighted by Gasteiger charge is 2.15. The molecule has 0 bridgehead atoms. The van der Waals surface area contributed by atoms with Crippen molar-refractivity contribution >= 4 is 49.5 Å². The van der Waals surface area contributed by atoms with Crippen molar-refractivity contribution in [2.45, 2.75) is 19.6 Å². The Bertz CT molecular complexity index is 1260. The molecular formula is C25H19Br2N3O4. The van der Waals surface area contributed by atoms with Gasteiger partial charge in [0.1, 0.15) is 24.0 Å². The Hall–Kier alpha value is -3.48. The van der Waals surface area contributed by atoms with E-state index in [1.54, 1.807) is 24.3 Å². The monoisotopic (exact) mass is 583 g/mol. The van der Waals surface area contributed by atoms with Crippen LogP contribution in [0.1, 0.15) is 29.7 Å². The molecule has 0 radical (unpaired) electrons. The molecule has 0 saturated carbocycles. The standard InChI is InChI=1S/C25H19Br2N3O4/c1-16(19-7-3-2-4-8-19)29-25(31)20(14-28)10-18-12-22(26)24(23(27)13-18)34-15-17-6-5-9-21(11-17)30(32)33/h2-13,16H,15H2,1H3,(H,29,31)/b20-10-/t16-/m1/s1. The van der Waals surface area contributed by atoms with Gasteiger partial charge in [-0.05, 0) is 73.7 Å². The van der Waals surface area contributed by atoms with E-state index < -0.39 is 10.8 Å². The van der Waals surface area contributed by atoms with E-state index in [0.717, 1.165) is 5.56 Å². The molecule has 0 fully saturated rings. The highest BCUT2D eigenvalue weighted by molar-refractivity contribution is 9.11. The number of nitro benzene ring substituents is 1. The third kappa shape index (κ3) is 6.53. The second-order valence-electron chi connectivity index (χ2n) is 7.31. The number of ether oxygens (including phenoxy) is 1. The van der Waals surface area contributed by atoms with Gasteiger partial charge < -0.3 is 10.1 Å². The van der Waals surface area contributed by atoms with Crippen LogP contribution in [-0.4, -0.2) is 10.8 Å². The number of nitrogens with zero attached hydrogens (tertiary/aromatic N) is 2. The van der Waals surface area contributed by atoms with Gasteiger partial charge >= 0.3 is 0 Å². The first-order valence-corrected chi connectivity index (χ1v) is 11.7. The second-order valence-corrected chi connectivity index (χ2v) is 9.01. The fraction of sp³-hybridized carbons (Fsp3) is 0.120. The van der Waals surface area contributed by atoms with E-state index in [9.17, 15) is 20.2 Å². The van der Waals surface area contributed by atoms with E-state index in [2.05, 4.69) is 37.2 Å². The third-order valence-corrected chi connectivity index (χ3v) is 6.03. The molecule has 172 valence electrons. The lowest BCUT2D eigenvalue weighted by Gasteiger charge is -2.14. The van der Waals surface area contributed by atoms with Crippen molar-refractivity contribution in [3.63, 3.8) is 0 Å². The van der Waals surface area contributed by atoms with Crippen LogP contribution in [0.3, 0.4) is 0 Å². The third-order valence-electron chi connectivity index (χ3n) is 4.85. The van der Waals surface area contributed by atoms with E-state index in [1.807, 2.05) is 43.3 Å². The molecule has 1 atom stereocenters. The Balaban J connectivity index is 1.74. The summed E-state index contributed by atoms with van der Waals surface area (Å²) in [7, 11) is 0. The van der Waals surface area contributed by atoms with Crippen molar-refractivity contribution in [1.82, 2.24) is 5.32 Å². The number of non-ortho nitro benzene ring substituents is 1. The molecule has 0 aliphatic heterocycles. The van der Waals surface area contributed by atoms with E-state index in [-0.39, 0.29) is 23.9 Å². The number of nitrogens with one attached hydrogen (secondary N) is 1. The molecule has 0 spiro atoms. The number of rotatable bonds is 8. The van der Waals surface area contributed by atoms with Crippen LogP contribution in [0.4, 0.5) is 5.69 Å². The number of nitriles is 1. The number of hydrogen-bond donors (Lipinski definition) is 1. The molecule has 1 amide bonds. The summed E-state index contributed by atoms with van der Waals surface area (Å²) in [6.45, 7) is 1.97. The number of carbonyl (C=O) groups excluding carboxylic acids is 1. The van der Waals surface area contributed by atoms with Gasteiger partial charge in [0.2, 0.25) is 0 Å². The Kier molecular flexibility index (Phi) is 8.57. The molecule has 1 N–H and O–H groups in total. The Morgan fingerprint density at radius 1 is 1.15 bits per heavy atom. The molecule has 0 aliphatic carbocycles. The van der Waals surface area contributed by atoms with Crippen molar-refractivity contribution in [3.8, 4) is 11.8 Å². The maximum atomic E-state index is 12.6. The van der Waals surface area contributed by atoms with Crippen molar-refractivity contribution in [2.24, 2.45) is 0 Å². The summed E-state index contributed by atoms with van der Waals surface area (Å²) in [4.78, 5) is 23.1. The number of nitro groups is 1. The average molecular weight is 585 g/mol. The molecule has 0 aliphatic rings. The summed E-state index contributed by atoms with van der Waals surface area (Å²) < 4.78 is 7.03. The summed E-state index contributed by atoms with van der Waals surface area (Å²) >= 11 is 6.91. The molecule has 3 rings (SSSR count). The minimum absolute atomic E-state index is 0.0105. The van der Waals surface area contributed by atoms with E-state index >= 15 is 0 Å². The molecule has 9 heteroatoms. The van der Waals surface area contributed by atoms with Crippen LogP contribution in [0, 0.1) is 21.4 Å². The average Bonchev–Trinajstić information content (AvgIpc) is 2.82. The fourth-order valence-corrected chi connectivity index (χ4v) is 4.58. The van der Waals surface area contributed by atoms with Crippen molar-refractivity contribution in [2.75, 3.05) is 0 Å². The number of benzene rings is 3. The number of halogens is 2. The van der Waals surface area contributed by atoms with Crippen LogP contribution in [0.5, 0.6) is 5.75 Å². The Morgan fingerprint density at radius 3 is 2.44 bits per heavy atom. The molecule has 3 aromatic rings. The quantitative estimate of drug-likeness (QED) is 0.141. The lowest BCUT2D eigenvalue weighted by atomic mass is 10.1. The molecule has 0 unspecified atom stereocenters. The molecule has 0 heterocycles. The first kappa shape index (κ1) is 25.1. The Labute approximate surface area is 213 Å². The van der Waals surface area contributed by atoms with Crippen LogP contribution < -0.4 is 10.1 Å². The zero-order chi connectivity index (χ0) is 24.7. The maximum Gasteiger partial charge on any atom is 0.269 e. The molecule has 3 aromatic carbocycles. The molecule has 0 saturated heterocycles. The highest BCUT2D eigenvalue weighted by atomic mass is 79.9. The smallest absolute Gasteiger partial charge is 0.269 e. The summed E-state index contributed by atoms with van der Waals surface area (Å²) in [5.41, 5.74) is 2.15. The van der Waals surface area contributed by atoms with Gasteiger partial charge in [0.25, 0.3) is 11.6 Å². The van der Waals surface area contributed by atoms with Crippen molar-refractivity contribution in [1.29, 1.82) is 5.26 Å². The topological polar surface area (TPSA) is 105 Å². The van der Waals surface area contributed by atoms with Crippen LogP contribution in [0.15, 0.2) is 81.2 Å². The second kappa shape index (κ2) is 11.6. The van der Waals surface area contributed by atoms with Gasteiger partial charge in [-0.25, -0.2) is 0 Å². The van der Waals surface area contributed by atoms with Gasteiger partial charge in [0.15, 0.2) is 0 Å². The predicted molar refractivity (Wildman–Crippen MR) is 136 cm³/mol.